The van der Waals surface area contributed by atoms with Crippen molar-refractivity contribution >= 4 is 11.9 Å². The first-order valence-corrected chi connectivity index (χ1v) is 7.12. The summed E-state index contributed by atoms with van der Waals surface area (Å²) in [4.78, 5) is 24.6. The Morgan fingerprint density at radius 3 is 2.40 bits per heavy atom. The number of carboxylic acid groups (broad SMARTS) is 1. The van der Waals surface area contributed by atoms with Gasteiger partial charge < -0.3 is 10.0 Å². The van der Waals surface area contributed by atoms with Crippen molar-refractivity contribution in [3.63, 3.8) is 0 Å². The van der Waals surface area contributed by atoms with Crippen LogP contribution in [0.1, 0.15) is 41.6 Å². The molecule has 1 amide bonds. The molecule has 4 nitrogen and oxygen atoms in total. The molecule has 0 unspecified atom stereocenters. The second-order valence-electron chi connectivity index (χ2n) is 5.57. The van der Waals surface area contributed by atoms with E-state index >= 15 is 0 Å². The lowest BCUT2D eigenvalue weighted by atomic mass is 9.85. The number of aryl methyl sites for hydroxylation is 1. The van der Waals surface area contributed by atoms with E-state index in [0.717, 1.165) is 12.1 Å². The van der Waals surface area contributed by atoms with E-state index in [1.165, 1.54) is 19.3 Å². The Morgan fingerprint density at radius 2 is 1.90 bits per heavy atom. The minimum absolute atomic E-state index is 0.166. The molecular weight excluding hydrogens is 254 g/mol. The largest absolute Gasteiger partial charge is 0.478 e. The summed E-state index contributed by atoms with van der Waals surface area (Å²) in [7, 11) is 1.87. The predicted octanol–water partition coefficient (Wildman–Crippen LogP) is 2.58. The van der Waals surface area contributed by atoms with E-state index in [1.807, 2.05) is 11.9 Å². The van der Waals surface area contributed by atoms with Crippen LogP contribution in [0, 0.1) is 5.92 Å². The molecule has 1 aliphatic carbocycles. The van der Waals surface area contributed by atoms with Gasteiger partial charge in [0.2, 0.25) is 5.91 Å². The van der Waals surface area contributed by atoms with Gasteiger partial charge in [-0.2, -0.15) is 0 Å². The second-order valence-corrected chi connectivity index (χ2v) is 5.57. The summed E-state index contributed by atoms with van der Waals surface area (Å²) in [6.45, 7) is 0.872. The lowest BCUT2D eigenvalue weighted by Gasteiger charge is -2.30. The van der Waals surface area contributed by atoms with Crippen molar-refractivity contribution in [3.8, 4) is 0 Å². The van der Waals surface area contributed by atoms with Gasteiger partial charge in [0.15, 0.2) is 0 Å². The number of hydrogen-bond acceptors (Lipinski definition) is 2. The fourth-order valence-corrected chi connectivity index (χ4v) is 2.42. The summed E-state index contributed by atoms with van der Waals surface area (Å²) in [5.74, 6) is -0.0640. The number of hydrogen-bond donors (Lipinski definition) is 1. The van der Waals surface area contributed by atoms with Gasteiger partial charge in [-0.05, 0) is 42.9 Å². The van der Waals surface area contributed by atoms with E-state index in [9.17, 15) is 9.59 Å². The standard InChI is InChI=1S/C16H21NO3/c1-17(11-13-3-2-4-13)15(18)10-7-12-5-8-14(9-6-12)16(19)20/h5-6,8-9,13H,2-4,7,10-11H2,1H3,(H,19,20). The number of rotatable bonds is 6. The Balaban J connectivity index is 1.78. The van der Waals surface area contributed by atoms with Crippen molar-refractivity contribution < 1.29 is 14.7 Å². The Morgan fingerprint density at radius 1 is 1.25 bits per heavy atom. The van der Waals surface area contributed by atoms with E-state index < -0.39 is 5.97 Å². The van der Waals surface area contributed by atoms with Crippen LogP contribution >= 0.6 is 0 Å². The van der Waals surface area contributed by atoms with Gasteiger partial charge in [-0.1, -0.05) is 18.6 Å². The van der Waals surface area contributed by atoms with Gasteiger partial charge in [-0.15, -0.1) is 0 Å². The molecule has 0 bridgehead atoms. The molecule has 108 valence electrons. The SMILES string of the molecule is CN(CC1CCC1)C(=O)CCc1ccc(C(=O)O)cc1. The van der Waals surface area contributed by atoms with Crippen LogP contribution in [0.5, 0.6) is 0 Å². The van der Waals surface area contributed by atoms with Crippen molar-refractivity contribution in [2.45, 2.75) is 32.1 Å². The van der Waals surface area contributed by atoms with Crippen LogP contribution in [-0.2, 0) is 11.2 Å². The first-order chi connectivity index (χ1) is 9.56. The quantitative estimate of drug-likeness (QED) is 0.868. The van der Waals surface area contributed by atoms with E-state index in [2.05, 4.69) is 0 Å². The van der Waals surface area contributed by atoms with Crippen LogP contribution in [0.3, 0.4) is 0 Å². The molecule has 1 aromatic carbocycles. The zero-order chi connectivity index (χ0) is 14.5. The highest BCUT2D eigenvalue weighted by molar-refractivity contribution is 5.87. The maximum absolute atomic E-state index is 12.0. The third-order valence-electron chi connectivity index (χ3n) is 4.01. The smallest absolute Gasteiger partial charge is 0.335 e. The van der Waals surface area contributed by atoms with Gasteiger partial charge in [0.05, 0.1) is 5.56 Å². The molecule has 1 N–H and O–H groups in total. The summed E-state index contributed by atoms with van der Waals surface area (Å²) < 4.78 is 0. The topological polar surface area (TPSA) is 57.6 Å². The summed E-state index contributed by atoms with van der Waals surface area (Å²) in [6.07, 6.45) is 4.93. The summed E-state index contributed by atoms with van der Waals surface area (Å²) in [5, 5.41) is 8.82. The number of carboxylic acids is 1. The lowest BCUT2D eigenvalue weighted by molar-refractivity contribution is -0.130. The average Bonchev–Trinajstić information content (AvgIpc) is 2.40. The van der Waals surface area contributed by atoms with Crippen LogP contribution < -0.4 is 0 Å². The monoisotopic (exact) mass is 275 g/mol. The maximum atomic E-state index is 12.0. The zero-order valence-corrected chi connectivity index (χ0v) is 11.8. The molecule has 20 heavy (non-hydrogen) atoms. The van der Waals surface area contributed by atoms with Gasteiger partial charge in [-0.25, -0.2) is 4.79 Å². The summed E-state index contributed by atoms with van der Waals surface area (Å²) in [6, 6.07) is 6.73. The molecule has 2 rings (SSSR count). The summed E-state index contributed by atoms with van der Waals surface area (Å²) in [5.41, 5.74) is 1.28. The molecule has 0 aliphatic heterocycles. The Bertz CT molecular complexity index is 477. The molecule has 0 radical (unpaired) electrons. The van der Waals surface area contributed by atoms with Gasteiger partial charge in [0.25, 0.3) is 0 Å². The molecule has 1 saturated carbocycles. The molecular formula is C16H21NO3. The Labute approximate surface area is 119 Å². The molecule has 1 aromatic rings. The predicted molar refractivity (Wildman–Crippen MR) is 76.7 cm³/mol. The Kier molecular flexibility index (Phi) is 4.77. The van der Waals surface area contributed by atoms with E-state index in [0.29, 0.717) is 18.8 Å². The van der Waals surface area contributed by atoms with E-state index in [-0.39, 0.29) is 11.5 Å². The zero-order valence-electron chi connectivity index (χ0n) is 11.8. The number of amides is 1. The highest BCUT2D eigenvalue weighted by Gasteiger charge is 2.21. The van der Waals surface area contributed by atoms with Gasteiger partial charge in [0.1, 0.15) is 0 Å². The fraction of sp³-hybridized carbons (Fsp3) is 0.500. The Hall–Kier alpha value is -1.84. The van der Waals surface area contributed by atoms with Crippen LogP contribution in [0.25, 0.3) is 0 Å². The van der Waals surface area contributed by atoms with Gasteiger partial charge >= 0.3 is 5.97 Å². The van der Waals surface area contributed by atoms with Crippen LogP contribution in [-0.4, -0.2) is 35.5 Å². The molecule has 0 aromatic heterocycles. The lowest BCUT2D eigenvalue weighted by Crippen LogP contribution is -2.34. The first kappa shape index (κ1) is 14.6. The number of nitrogens with zero attached hydrogens (tertiary/aromatic N) is 1. The number of aromatic carboxylic acids is 1. The van der Waals surface area contributed by atoms with E-state index in [4.69, 9.17) is 5.11 Å². The van der Waals surface area contributed by atoms with Crippen molar-refractivity contribution in [1.29, 1.82) is 0 Å². The molecule has 0 spiro atoms. The van der Waals surface area contributed by atoms with Crippen LogP contribution in [0.2, 0.25) is 0 Å². The molecule has 0 saturated heterocycles. The minimum Gasteiger partial charge on any atom is -0.478 e. The van der Waals surface area contributed by atoms with Gasteiger partial charge in [0, 0.05) is 20.0 Å². The molecule has 0 atom stereocenters. The van der Waals surface area contributed by atoms with E-state index in [1.54, 1.807) is 24.3 Å². The molecule has 1 aliphatic rings. The van der Waals surface area contributed by atoms with Crippen molar-refractivity contribution in [2.75, 3.05) is 13.6 Å². The first-order valence-electron chi connectivity index (χ1n) is 7.12. The molecule has 1 fully saturated rings. The average molecular weight is 275 g/mol. The highest BCUT2D eigenvalue weighted by atomic mass is 16.4. The third kappa shape index (κ3) is 3.83. The third-order valence-corrected chi connectivity index (χ3v) is 4.01. The van der Waals surface area contributed by atoms with Gasteiger partial charge in [-0.3, -0.25) is 4.79 Å². The van der Waals surface area contributed by atoms with Crippen molar-refractivity contribution in [2.24, 2.45) is 5.92 Å². The second kappa shape index (κ2) is 6.55. The van der Waals surface area contributed by atoms with Crippen molar-refractivity contribution in [1.82, 2.24) is 4.90 Å². The van der Waals surface area contributed by atoms with Crippen LogP contribution in [0.15, 0.2) is 24.3 Å². The number of carbonyl (C=O) groups excluding carboxylic acids is 1. The molecule has 4 heteroatoms. The fourth-order valence-electron chi connectivity index (χ4n) is 2.42. The normalized spacial score (nSPS) is 14.7. The number of benzene rings is 1. The molecule has 0 heterocycles. The van der Waals surface area contributed by atoms with Crippen LogP contribution in [0.4, 0.5) is 0 Å². The highest BCUT2D eigenvalue weighted by Crippen LogP contribution is 2.26. The maximum Gasteiger partial charge on any atom is 0.335 e. The summed E-state index contributed by atoms with van der Waals surface area (Å²) >= 11 is 0. The van der Waals surface area contributed by atoms with Crippen molar-refractivity contribution in [3.05, 3.63) is 35.4 Å². The minimum atomic E-state index is -0.923. The number of carbonyl (C=O) groups is 2.